The van der Waals surface area contributed by atoms with Crippen molar-refractivity contribution < 1.29 is 23.5 Å². The van der Waals surface area contributed by atoms with Crippen LogP contribution < -0.4 is 20.1 Å². The van der Waals surface area contributed by atoms with Gasteiger partial charge in [0.25, 0.3) is 5.91 Å². The van der Waals surface area contributed by atoms with Crippen LogP contribution in [0.5, 0.6) is 11.5 Å². The van der Waals surface area contributed by atoms with Gasteiger partial charge < -0.3 is 14.8 Å². The van der Waals surface area contributed by atoms with E-state index in [1.807, 2.05) is 30.3 Å². The van der Waals surface area contributed by atoms with Gasteiger partial charge in [-0.25, -0.2) is 4.39 Å². The van der Waals surface area contributed by atoms with E-state index in [2.05, 4.69) is 20.8 Å². The van der Waals surface area contributed by atoms with E-state index in [0.717, 1.165) is 16.9 Å². The zero-order valence-electron chi connectivity index (χ0n) is 19.5. The number of carbonyl (C=O) groups is 2. The molecule has 8 nitrogen and oxygen atoms in total. The molecule has 1 heterocycles. The number of ether oxygens (including phenoxy) is 2. The maximum absolute atomic E-state index is 13.2. The third-order valence-electron chi connectivity index (χ3n) is 5.26. The Morgan fingerprint density at radius 3 is 2.25 bits per heavy atom. The second-order valence-electron chi connectivity index (χ2n) is 7.73. The minimum atomic E-state index is -0.907. The molecule has 184 valence electrons. The van der Waals surface area contributed by atoms with Crippen LogP contribution in [0, 0.1) is 5.82 Å². The van der Waals surface area contributed by atoms with E-state index < -0.39 is 17.9 Å². The molecule has 0 fully saturated rings. The van der Waals surface area contributed by atoms with E-state index in [0.29, 0.717) is 22.1 Å². The molecular weight excluding hydrogens is 483 g/mol. The molecule has 0 bridgehead atoms. The number of aromatic nitrogens is 2. The highest BCUT2D eigenvalue weighted by atomic mass is 32.1. The van der Waals surface area contributed by atoms with Crippen molar-refractivity contribution in [1.82, 2.24) is 15.5 Å². The summed E-state index contributed by atoms with van der Waals surface area (Å²) in [6.45, 7) is 0. The van der Waals surface area contributed by atoms with Crippen molar-refractivity contribution in [2.75, 3.05) is 19.5 Å². The SMILES string of the molecule is COc1cc(OC)cc(C(=O)N[C@H](Cc2ccccc2)C(=O)Nc2nnc(-c3ccc(F)cc3)s2)c1. The van der Waals surface area contributed by atoms with E-state index in [1.54, 1.807) is 30.3 Å². The highest BCUT2D eigenvalue weighted by Gasteiger charge is 2.24. The first-order valence-corrected chi connectivity index (χ1v) is 11.7. The minimum absolute atomic E-state index is 0.253. The number of halogens is 1. The Hall–Kier alpha value is -4.31. The molecule has 4 rings (SSSR count). The Bertz CT molecular complexity index is 1320. The summed E-state index contributed by atoms with van der Waals surface area (Å²) in [5.74, 6) is -0.377. The number of rotatable bonds is 9. The third-order valence-corrected chi connectivity index (χ3v) is 6.15. The molecule has 2 N–H and O–H groups in total. The van der Waals surface area contributed by atoms with Crippen LogP contribution in [-0.2, 0) is 11.2 Å². The lowest BCUT2D eigenvalue weighted by Gasteiger charge is -2.18. The number of benzene rings is 3. The van der Waals surface area contributed by atoms with Gasteiger partial charge >= 0.3 is 0 Å². The molecule has 0 saturated carbocycles. The molecule has 3 aromatic carbocycles. The van der Waals surface area contributed by atoms with Crippen molar-refractivity contribution in [1.29, 1.82) is 0 Å². The molecule has 36 heavy (non-hydrogen) atoms. The lowest BCUT2D eigenvalue weighted by atomic mass is 10.0. The van der Waals surface area contributed by atoms with Crippen LogP contribution in [0.3, 0.4) is 0 Å². The fourth-order valence-corrected chi connectivity index (χ4v) is 4.17. The van der Waals surface area contributed by atoms with Crippen molar-refractivity contribution in [2.45, 2.75) is 12.5 Å². The average Bonchev–Trinajstić information content (AvgIpc) is 3.37. The summed E-state index contributed by atoms with van der Waals surface area (Å²) in [6.07, 6.45) is 0.253. The highest BCUT2D eigenvalue weighted by molar-refractivity contribution is 7.18. The predicted octanol–water partition coefficient (Wildman–Crippen LogP) is 4.34. The topological polar surface area (TPSA) is 102 Å². The molecular formula is C26H23FN4O4S. The van der Waals surface area contributed by atoms with Gasteiger partial charge in [-0.3, -0.25) is 14.9 Å². The summed E-state index contributed by atoms with van der Waals surface area (Å²) in [6, 6.07) is 19.0. The first-order chi connectivity index (χ1) is 17.4. The maximum atomic E-state index is 13.2. The van der Waals surface area contributed by atoms with Crippen LogP contribution in [0.1, 0.15) is 15.9 Å². The molecule has 0 saturated heterocycles. The summed E-state index contributed by atoms with van der Waals surface area (Å²) in [5, 5.41) is 14.4. The fraction of sp³-hybridized carbons (Fsp3) is 0.154. The highest BCUT2D eigenvalue weighted by Crippen LogP contribution is 2.27. The van der Waals surface area contributed by atoms with Gasteiger partial charge in [0.15, 0.2) is 0 Å². The van der Waals surface area contributed by atoms with Crippen LogP contribution in [0.25, 0.3) is 10.6 Å². The summed E-state index contributed by atoms with van der Waals surface area (Å²) in [5.41, 5.74) is 1.83. The van der Waals surface area contributed by atoms with Gasteiger partial charge in [0.2, 0.25) is 11.0 Å². The second-order valence-corrected chi connectivity index (χ2v) is 8.70. The molecule has 0 unspecified atom stereocenters. The Balaban J connectivity index is 1.54. The van der Waals surface area contributed by atoms with Crippen molar-refractivity contribution in [2.24, 2.45) is 0 Å². The largest absolute Gasteiger partial charge is 0.497 e. The van der Waals surface area contributed by atoms with Gasteiger partial charge in [-0.05, 0) is 42.0 Å². The van der Waals surface area contributed by atoms with E-state index in [-0.39, 0.29) is 22.9 Å². The molecule has 1 atom stereocenters. The first kappa shape index (κ1) is 24.8. The van der Waals surface area contributed by atoms with Crippen LogP contribution in [0.2, 0.25) is 0 Å². The van der Waals surface area contributed by atoms with Crippen molar-refractivity contribution in [3.05, 3.63) is 89.7 Å². The van der Waals surface area contributed by atoms with Gasteiger partial charge in [0.05, 0.1) is 14.2 Å². The molecule has 0 aliphatic rings. The van der Waals surface area contributed by atoms with Crippen LogP contribution in [0.4, 0.5) is 9.52 Å². The van der Waals surface area contributed by atoms with E-state index in [4.69, 9.17) is 9.47 Å². The Morgan fingerprint density at radius 2 is 1.61 bits per heavy atom. The molecule has 4 aromatic rings. The summed E-state index contributed by atoms with van der Waals surface area (Å²) >= 11 is 1.15. The maximum Gasteiger partial charge on any atom is 0.252 e. The summed E-state index contributed by atoms with van der Waals surface area (Å²) in [7, 11) is 2.98. The zero-order valence-corrected chi connectivity index (χ0v) is 20.3. The Labute approximate surface area is 211 Å². The van der Waals surface area contributed by atoms with Gasteiger partial charge in [0.1, 0.15) is 28.4 Å². The quantitative estimate of drug-likeness (QED) is 0.350. The van der Waals surface area contributed by atoms with E-state index >= 15 is 0 Å². The number of anilines is 1. The molecule has 0 radical (unpaired) electrons. The average molecular weight is 507 g/mol. The molecule has 0 spiro atoms. The van der Waals surface area contributed by atoms with Crippen LogP contribution >= 0.6 is 11.3 Å². The number of hydrogen-bond donors (Lipinski definition) is 2. The van der Waals surface area contributed by atoms with Crippen molar-refractivity contribution >= 4 is 28.3 Å². The van der Waals surface area contributed by atoms with E-state index in [9.17, 15) is 14.0 Å². The number of nitrogens with zero attached hydrogens (tertiary/aromatic N) is 2. The van der Waals surface area contributed by atoms with Gasteiger partial charge in [0, 0.05) is 23.6 Å². The second kappa shape index (κ2) is 11.4. The Kier molecular flexibility index (Phi) is 7.86. The van der Waals surface area contributed by atoms with Crippen molar-refractivity contribution in [3.8, 4) is 22.1 Å². The monoisotopic (exact) mass is 506 g/mol. The van der Waals surface area contributed by atoms with Gasteiger partial charge in [-0.2, -0.15) is 0 Å². The predicted molar refractivity (Wildman–Crippen MR) is 135 cm³/mol. The zero-order chi connectivity index (χ0) is 25.5. The van der Waals surface area contributed by atoms with Gasteiger partial charge in [-0.1, -0.05) is 41.7 Å². The molecule has 10 heteroatoms. The van der Waals surface area contributed by atoms with Crippen molar-refractivity contribution in [3.63, 3.8) is 0 Å². The number of amides is 2. The lowest BCUT2D eigenvalue weighted by Crippen LogP contribution is -2.45. The smallest absolute Gasteiger partial charge is 0.252 e. The third kappa shape index (κ3) is 6.22. The van der Waals surface area contributed by atoms with Crippen LogP contribution in [0.15, 0.2) is 72.8 Å². The number of nitrogens with one attached hydrogen (secondary N) is 2. The van der Waals surface area contributed by atoms with E-state index in [1.165, 1.54) is 26.4 Å². The lowest BCUT2D eigenvalue weighted by molar-refractivity contribution is -0.118. The molecule has 1 aromatic heterocycles. The number of methoxy groups -OCH3 is 2. The standard InChI is InChI=1S/C26H23FN4O4S/c1-34-20-13-18(14-21(15-20)35-2)23(32)28-22(12-16-6-4-3-5-7-16)24(33)29-26-31-30-25(36-26)17-8-10-19(27)11-9-17/h3-11,13-15,22H,12H2,1-2H3,(H,28,32)(H,29,31,33)/t22-/m1/s1. The number of hydrogen-bond acceptors (Lipinski definition) is 7. The first-order valence-electron chi connectivity index (χ1n) is 10.9. The van der Waals surface area contributed by atoms with Gasteiger partial charge in [-0.15, -0.1) is 10.2 Å². The fourth-order valence-electron chi connectivity index (χ4n) is 3.41. The summed E-state index contributed by atoms with van der Waals surface area (Å²) in [4.78, 5) is 26.3. The molecule has 2 amide bonds. The minimum Gasteiger partial charge on any atom is -0.497 e. The normalized spacial score (nSPS) is 11.4. The number of carbonyl (C=O) groups excluding carboxylic acids is 2. The Morgan fingerprint density at radius 1 is 0.944 bits per heavy atom. The van der Waals surface area contributed by atoms with Crippen LogP contribution in [-0.4, -0.2) is 42.3 Å². The molecule has 0 aliphatic carbocycles. The summed E-state index contributed by atoms with van der Waals surface area (Å²) < 4.78 is 23.7. The molecule has 0 aliphatic heterocycles.